The van der Waals surface area contributed by atoms with Crippen LogP contribution in [0.15, 0.2) is 48.1 Å². The number of morpholine rings is 1. The minimum atomic E-state index is -4.48. The molecular formula is C21H17F3N6O2S. The largest absolute Gasteiger partial charge is 0.416 e. The molecule has 1 aromatic carbocycles. The maximum Gasteiger partial charge on any atom is 0.416 e. The molecule has 1 fully saturated rings. The normalized spacial score (nSPS) is 14.6. The molecule has 1 aliphatic rings. The van der Waals surface area contributed by atoms with E-state index in [9.17, 15) is 18.0 Å². The number of hydrogen-bond donors (Lipinski definition) is 1. The Labute approximate surface area is 189 Å². The number of nitrogens with one attached hydrogen (secondary N) is 1. The maximum atomic E-state index is 13.2. The van der Waals surface area contributed by atoms with Crippen LogP contribution in [0.1, 0.15) is 15.9 Å². The fourth-order valence-corrected chi connectivity index (χ4v) is 4.05. The van der Waals surface area contributed by atoms with Gasteiger partial charge in [-0.25, -0.2) is 14.5 Å². The predicted molar refractivity (Wildman–Crippen MR) is 117 cm³/mol. The van der Waals surface area contributed by atoms with E-state index in [-0.39, 0.29) is 22.5 Å². The second-order valence-electron chi connectivity index (χ2n) is 7.28. The summed E-state index contributed by atoms with van der Waals surface area (Å²) < 4.78 is 46.4. The number of ether oxygens (including phenoxy) is 1. The summed E-state index contributed by atoms with van der Waals surface area (Å²) in [4.78, 5) is 23.6. The fourth-order valence-electron chi connectivity index (χ4n) is 3.52. The van der Waals surface area contributed by atoms with Crippen molar-refractivity contribution in [2.75, 3.05) is 36.5 Å². The van der Waals surface area contributed by atoms with Crippen LogP contribution in [0.2, 0.25) is 0 Å². The first-order chi connectivity index (χ1) is 15.9. The van der Waals surface area contributed by atoms with Gasteiger partial charge in [0.25, 0.3) is 5.91 Å². The van der Waals surface area contributed by atoms with Gasteiger partial charge in [0.15, 0.2) is 16.6 Å². The van der Waals surface area contributed by atoms with Gasteiger partial charge in [0.2, 0.25) is 0 Å². The molecule has 8 nitrogen and oxygen atoms in total. The number of aromatic nitrogens is 4. The third-order valence-corrected chi connectivity index (χ3v) is 5.82. The molecule has 5 rings (SSSR count). The van der Waals surface area contributed by atoms with Crippen LogP contribution >= 0.6 is 11.3 Å². The average Bonchev–Trinajstić information content (AvgIpc) is 3.48. The molecule has 170 valence electrons. The van der Waals surface area contributed by atoms with Gasteiger partial charge in [0, 0.05) is 30.2 Å². The highest BCUT2D eigenvalue weighted by Crippen LogP contribution is 2.32. The molecule has 0 atom stereocenters. The summed E-state index contributed by atoms with van der Waals surface area (Å²) in [7, 11) is 0. The summed E-state index contributed by atoms with van der Waals surface area (Å²) in [5, 5.41) is 9.46. The second-order valence-corrected chi connectivity index (χ2v) is 8.17. The standard InChI is InChI=1S/C21H17F3N6O2S/c22-21(23,24)14-3-1-2-13(10-14)16-12-30-18(26-16)15(19(31)27-20-25-4-9-33-20)11-17(28-30)29-5-7-32-8-6-29/h1-4,9-12H,5-8H2,(H,25,27,31). The lowest BCUT2D eigenvalue weighted by atomic mass is 10.1. The first-order valence-corrected chi connectivity index (χ1v) is 10.9. The van der Waals surface area contributed by atoms with Gasteiger partial charge in [0.1, 0.15) is 0 Å². The van der Waals surface area contributed by atoms with Crippen LogP contribution in [0, 0.1) is 0 Å². The number of carbonyl (C=O) groups is 1. The van der Waals surface area contributed by atoms with E-state index in [1.165, 1.54) is 34.2 Å². The lowest BCUT2D eigenvalue weighted by molar-refractivity contribution is -0.137. The van der Waals surface area contributed by atoms with Crippen LogP contribution in [-0.4, -0.2) is 51.8 Å². The zero-order valence-electron chi connectivity index (χ0n) is 17.0. The summed E-state index contributed by atoms with van der Waals surface area (Å²) >= 11 is 1.27. The Hall–Kier alpha value is -3.51. The number of amides is 1. The van der Waals surface area contributed by atoms with Gasteiger partial charge < -0.3 is 9.64 Å². The lowest BCUT2D eigenvalue weighted by Crippen LogP contribution is -2.37. The molecule has 1 N–H and O–H groups in total. The number of imidazole rings is 1. The molecule has 4 heterocycles. The number of hydrogen-bond acceptors (Lipinski definition) is 7. The summed E-state index contributed by atoms with van der Waals surface area (Å²) in [6, 6.07) is 6.52. The predicted octanol–water partition coefficient (Wildman–Crippen LogP) is 3.96. The van der Waals surface area contributed by atoms with Crippen molar-refractivity contribution in [3.63, 3.8) is 0 Å². The van der Waals surface area contributed by atoms with E-state index in [1.54, 1.807) is 17.6 Å². The van der Waals surface area contributed by atoms with Crippen LogP contribution in [0.4, 0.5) is 24.1 Å². The smallest absolute Gasteiger partial charge is 0.378 e. The minimum Gasteiger partial charge on any atom is -0.378 e. The summed E-state index contributed by atoms with van der Waals surface area (Å²) in [5.41, 5.74) is 0.236. The summed E-state index contributed by atoms with van der Waals surface area (Å²) in [6.07, 6.45) is -1.38. The van der Waals surface area contributed by atoms with Crippen LogP contribution in [0.25, 0.3) is 16.9 Å². The number of halogens is 3. The van der Waals surface area contributed by atoms with Crippen molar-refractivity contribution in [3.05, 3.63) is 59.2 Å². The first kappa shape index (κ1) is 21.3. The Morgan fingerprint density at radius 1 is 1.18 bits per heavy atom. The zero-order valence-corrected chi connectivity index (χ0v) is 17.9. The van der Waals surface area contributed by atoms with E-state index < -0.39 is 17.6 Å². The number of thiazole rings is 1. The van der Waals surface area contributed by atoms with Gasteiger partial charge in [-0.1, -0.05) is 12.1 Å². The average molecular weight is 474 g/mol. The molecule has 0 radical (unpaired) electrons. The highest BCUT2D eigenvalue weighted by Gasteiger charge is 2.30. The molecule has 12 heteroatoms. The third kappa shape index (κ3) is 4.39. The Kier molecular flexibility index (Phi) is 5.46. The van der Waals surface area contributed by atoms with Crippen LogP contribution in [0.3, 0.4) is 0 Å². The summed E-state index contributed by atoms with van der Waals surface area (Å²) in [5.74, 6) is 0.108. The number of benzene rings is 1. The molecule has 0 spiro atoms. The van der Waals surface area contributed by atoms with Gasteiger partial charge in [-0.15, -0.1) is 16.4 Å². The van der Waals surface area contributed by atoms with Gasteiger partial charge in [-0.3, -0.25) is 10.1 Å². The monoisotopic (exact) mass is 474 g/mol. The summed E-state index contributed by atoms with van der Waals surface area (Å²) in [6.45, 7) is 2.25. The number of fused-ring (bicyclic) bond motifs is 1. The first-order valence-electron chi connectivity index (χ1n) is 10.00. The molecule has 33 heavy (non-hydrogen) atoms. The van der Waals surface area contributed by atoms with Crippen LogP contribution < -0.4 is 10.2 Å². The molecule has 0 bridgehead atoms. The van der Waals surface area contributed by atoms with Crippen molar-refractivity contribution >= 4 is 33.8 Å². The molecule has 1 saturated heterocycles. The maximum absolute atomic E-state index is 13.2. The quantitative estimate of drug-likeness (QED) is 0.482. The Balaban J connectivity index is 1.60. The topological polar surface area (TPSA) is 84.7 Å². The Morgan fingerprint density at radius 2 is 2.00 bits per heavy atom. The number of anilines is 2. The van der Waals surface area contributed by atoms with E-state index in [0.717, 1.165) is 12.1 Å². The van der Waals surface area contributed by atoms with Crippen molar-refractivity contribution in [2.24, 2.45) is 0 Å². The van der Waals surface area contributed by atoms with E-state index in [1.807, 2.05) is 4.90 Å². The van der Waals surface area contributed by atoms with Crippen LogP contribution in [-0.2, 0) is 10.9 Å². The van der Waals surface area contributed by atoms with Gasteiger partial charge in [-0.2, -0.15) is 13.2 Å². The van der Waals surface area contributed by atoms with Crippen molar-refractivity contribution < 1.29 is 22.7 Å². The third-order valence-electron chi connectivity index (χ3n) is 5.13. The van der Waals surface area contributed by atoms with Crippen molar-refractivity contribution in [1.82, 2.24) is 19.6 Å². The van der Waals surface area contributed by atoms with E-state index in [4.69, 9.17) is 4.74 Å². The second kappa shape index (κ2) is 8.45. The van der Waals surface area contributed by atoms with Crippen molar-refractivity contribution in [3.8, 4) is 11.3 Å². The van der Waals surface area contributed by atoms with Crippen molar-refractivity contribution in [2.45, 2.75) is 6.18 Å². The Morgan fingerprint density at radius 3 is 2.73 bits per heavy atom. The zero-order chi connectivity index (χ0) is 23.0. The van der Waals surface area contributed by atoms with Gasteiger partial charge >= 0.3 is 6.18 Å². The molecular weight excluding hydrogens is 457 g/mol. The lowest BCUT2D eigenvalue weighted by Gasteiger charge is -2.27. The number of rotatable bonds is 4. The molecule has 0 aliphatic carbocycles. The van der Waals surface area contributed by atoms with Crippen molar-refractivity contribution in [1.29, 1.82) is 0 Å². The van der Waals surface area contributed by atoms with E-state index in [0.29, 0.717) is 37.3 Å². The molecule has 0 saturated carbocycles. The minimum absolute atomic E-state index is 0.230. The number of alkyl halides is 3. The number of carbonyl (C=O) groups excluding carboxylic acids is 1. The molecule has 0 unspecified atom stereocenters. The van der Waals surface area contributed by atoms with Crippen LogP contribution in [0.5, 0.6) is 0 Å². The fraction of sp³-hybridized carbons (Fsp3) is 0.238. The van der Waals surface area contributed by atoms with Gasteiger partial charge in [0.05, 0.1) is 36.2 Å². The molecule has 1 aliphatic heterocycles. The molecule has 4 aromatic rings. The number of nitrogens with zero attached hydrogens (tertiary/aromatic N) is 5. The SMILES string of the molecule is O=C(Nc1nccs1)c1cc(N2CCOCC2)nn2cc(-c3cccc(C(F)(F)F)c3)nc12. The highest BCUT2D eigenvalue weighted by molar-refractivity contribution is 7.13. The highest BCUT2D eigenvalue weighted by atomic mass is 32.1. The molecule has 3 aromatic heterocycles. The van der Waals surface area contributed by atoms with E-state index in [2.05, 4.69) is 20.4 Å². The Bertz CT molecular complexity index is 1300. The van der Waals surface area contributed by atoms with Gasteiger partial charge in [-0.05, 0) is 18.2 Å². The van der Waals surface area contributed by atoms with E-state index >= 15 is 0 Å². The molecule has 1 amide bonds.